The van der Waals surface area contributed by atoms with Crippen molar-refractivity contribution in [2.24, 2.45) is 4.99 Å². The van der Waals surface area contributed by atoms with Crippen molar-refractivity contribution in [2.75, 3.05) is 40.8 Å². The molecule has 2 N–H and O–H groups in total. The van der Waals surface area contributed by atoms with E-state index in [1.54, 1.807) is 0 Å². The van der Waals surface area contributed by atoms with E-state index in [1.165, 1.54) is 5.56 Å². The fraction of sp³-hybridized carbons (Fsp3) is 0.650. The highest BCUT2D eigenvalue weighted by molar-refractivity contribution is 14.0. The monoisotopic (exact) mass is 475 g/mol. The van der Waals surface area contributed by atoms with Gasteiger partial charge in [0.2, 0.25) is 0 Å². The Morgan fingerprint density at radius 2 is 1.62 bits per heavy atom. The molecule has 5 nitrogen and oxygen atoms in total. The van der Waals surface area contributed by atoms with Gasteiger partial charge in [0.1, 0.15) is 0 Å². The van der Waals surface area contributed by atoms with E-state index in [1.807, 2.05) is 7.05 Å². The summed E-state index contributed by atoms with van der Waals surface area (Å²) in [5.74, 6) is 0.884. The molecule has 0 aliphatic carbocycles. The van der Waals surface area contributed by atoms with Crippen LogP contribution in [-0.2, 0) is 6.54 Å². The molecule has 0 aliphatic heterocycles. The molecule has 0 heterocycles. The normalized spacial score (nSPS) is 13.0. The minimum absolute atomic E-state index is 0. The molecular weight excluding hydrogens is 437 g/mol. The van der Waals surface area contributed by atoms with E-state index in [2.05, 4.69) is 90.6 Å². The lowest BCUT2D eigenvalue weighted by atomic mass is 10.1. The molecule has 0 aromatic heterocycles. The van der Waals surface area contributed by atoms with Gasteiger partial charge in [0.15, 0.2) is 5.96 Å². The predicted octanol–water partition coefficient (Wildman–Crippen LogP) is 3.02. The van der Waals surface area contributed by atoms with Gasteiger partial charge in [-0.05, 0) is 46.9 Å². The van der Waals surface area contributed by atoms with Crippen LogP contribution in [-0.4, -0.2) is 68.6 Å². The number of nitrogens with one attached hydrogen (secondary N) is 2. The molecule has 1 unspecified atom stereocenters. The largest absolute Gasteiger partial charge is 0.356 e. The van der Waals surface area contributed by atoms with Crippen LogP contribution in [0.1, 0.15) is 32.8 Å². The number of benzene rings is 1. The molecule has 0 radical (unpaired) electrons. The molecule has 0 bridgehead atoms. The van der Waals surface area contributed by atoms with Gasteiger partial charge in [0, 0.05) is 45.3 Å². The maximum absolute atomic E-state index is 4.30. The van der Waals surface area contributed by atoms with Crippen molar-refractivity contribution >= 4 is 29.9 Å². The number of likely N-dealkylation sites (N-methyl/N-ethyl adjacent to an activating group) is 1. The van der Waals surface area contributed by atoms with Gasteiger partial charge in [0.25, 0.3) is 0 Å². The second-order valence-electron chi connectivity index (χ2n) is 7.04. The Balaban J connectivity index is 0.00000625. The van der Waals surface area contributed by atoms with Crippen LogP contribution in [0.3, 0.4) is 0 Å². The average molecular weight is 475 g/mol. The topological polar surface area (TPSA) is 42.9 Å². The molecule has 0 aliphatic rings. The number of nitrogens with zero attached hydrogens (tertiary/aromatic N) is 3. The fourth-order valence-electron chi connectivity index (χ4n) is 2.48. The molecule has 150 valence electrons. The number of hydrogen-bond donors (Lipinski definition) is 2. The quantitative estimate of drug-likeness (QED) is 0.310. The van der Waals surface area contributed by atoms with E-state index in [0.29, 0.717) is 12.1 Å². The zero-order valence-corrected chi connectivity index (χ0v) is 19.7. The maximum atomic E-state index is 4.30. The van der Waals surface area contributed by atoms with Gasteiger partial charge in [-0.1, -0.05) is 30.3 Å². The molecule has 0 saturated carbocycles. The summed E-state index contributed by atoms with van der Waals surface area (Å²) in [5.41, 5.74) is 1.36. The first kappa shape index (κ1) is 25.1. The SMILES string of the molecule is CN=C(NCCC(C)N(C)Cc1ccccc1)NCCN(C)C(C)C.I. The van der Waals surface area contributed by atoms with E-state index >= 15 is 0 Å². The standard InChI is InChI=1S/C20H37N5.HI/c1-17(2)24(5)15-14-23-20(21-4)22-13-12-18(3)25(6)16-19-10-8-7-9-11-19;/h7-11,17-18H,12-16H2,1-6H3,(H2,21,22,23);1H. The van der Waals surface area contributed by atoms with Gasteiger partial charge in [0.05, 0.1) is 0 Å². The Morgan fingerprint density at radius 3 is 2.19 bits per heavy atom. The van der Waals surface area contributed by atoms with Crippen molar-refractivity contribution in [1.29, 1.82) is 0 Å². The van der Waals surface area contributed by atoms with Gasteiger partial charge < -0.3 is 15.5 Å². The van der Waals surface area contributed by atoms with Crippen LogP contribution < -0.4 is 10.6 Å². The third-order valence-electron chi connectivity index (χ3n) is 4.74. The number of halogens is 1. The number of guanidine groups is 1. The summed E-state index contributed by atoms with van der Waals surface area (Å²) in [4.78, 5) is 9.02. The van der Waals surface area contributed by atoms with Crippen LogP contribution in [0, 0.1) is 0 Å². The molecule has 0 saturated heterocycles. The van der Waals surface area contributed by atoms with Crippen LogP contribution in [0.4, 0.5) is 0 Å². The first-order valence-corrected chi connectivity index (χ1v) is 9.33. The molecule has 1 rings (SSSR count). The molecule has 26 heavy (non-hydrogen) atoms. The third-order valence-corrected chi connectivity index (χ3v) is 4.74. The lowest BCUT2D eigenvalue weighted by Crippen LogP contribution is -2.43. The van der Waals surface area contributed by atoms with Crippen LogP contribution in [0.15, 0.2) is 35.3 Å². The summed E-state index contributed by atoms with van der Waals surface area (Å²) in [5, 5.41) is 6.80. The predicted molar refractivity (Wildman–Crippen MR) is 125 cm³/mol. The maximum Gasteiger partial charge on any atom is 0.191 e. The van der Waals surface area contributed by atoms with Crippen molar-refractivity contribution in [3.63, 3.8) is 0 Å². The summed E-state index contributed by atoms with van der Waals surface area (Å²) in [6, 6.07) is 11.7. The highest BCUT2D eigenvalue weighted by Crippen LogP contribution is 2.07. The van der Waals surface area contributed by atoms with Crippen molar-refractivity contribution in [3.8, 4) is 0 Å². The van der Waals surface area contributed by atoms with Crippen LogP contribution >= 0.6 is 24.0 Å². The first-order valence-electron chi connectivity index (χ1n) is 9.33. The third kappa shape index (κ3) is 10.3. The van der Waals surface area contributed by atoms with Gasteiger partial charge in [-0.25, -0.2) is 0 Å². The zero-order chi connectivity index (χ0) is 18.7. The van der Waals surface area contributed by atoms with Crippen molar-refractivity contribution < 1.29 is 0 Å². The Kier molecular flexibility index (Phi) is 13.8. The van der Waals surface area contributed by atoms with E-state index in [9.17, 15) is 0 Å². The average Bonchev–Trinajstić information content (AvgIpc) is 2.60. The Labute approximate surface area is 177 Å². The van der Waals surface area contributed by atoms with Gasteiger partial charge in [-0.15, -0.1) is 24.0 Å². The highest BCUT2D eigenvalue weighted by atomic mass is 127. The fourth-order valence-corrected chi connectivity index (χ4v) is 2.48. The molecule has 1 atom stereocenters. The second-order valence-corrected chi connectivity index (χ2v) is 7.04. The van der Waals surface area contributed by atoms with E-state index in [4.69, 9.17) is 0 Å². The molecule has 0 fully saturated rings. The lowest BCUT2D eigenvalue weighted by molar-refractivity contribution is 0.238. The van der Waals surface area contributed by atoms with Gasteiger partial charge >= 0.3 is 0 Å². The lowest BCUT2D eigenvalue weighted by Gasteiger charge is -2.25. The van der Waals surface area contributed by atoms with Gasteiger partial charge in [-0.2, -0.15) is 0 Å². The molecule has 1 aromatic carbocycles. The molecule has 0 spiro atoms. The minimum atomic E-state index is 0. The Hall–Kier alpha value is -0.860. The number of aliphatic imine (C=N–C) groups is 1. The van der Waals surface area contributed by atoms with E-state index in [-0.39, 0.29) is 24.0 Å². The first-order chi connectivity index (χ1) is 11.9. The number of hydrogen-bond acceptors (Lipinski definition) is 3. The van der Waals surface area contributed by atoms with Crippen LogP contribution in [0.25, 0.3) is 0 Å². The molecule has 6 heteroatoms. The highest BCUT2D eigenvalue weighted by Gasteiger charge is 2.10. The van der Waals surface area contributed by atoms with Crippen molar-refractivity contribution in [3.05, 3.63) is 35.9 Å². The summed E-state index contributed by atoms with van der Waals surface area (Å²) in [7, 11) is 6.16. The molecule has 1 aromatic rings. The molecule has 0 amide bonds. The van der Waals surface area contributed by atoms with Crippen LogP contribution in [0.5, 0.6) is 0 Å². The van der Waals surface area contributed by atoms with Crippen molar-refractivity contribution in [2.45, 2.75) is 45.8 Å². The number of rotatable bonds is 10. The summed E-state index contributed by atoms with van der Waals surface area (Å²) >= 11 is 0. The zero-order valence-electron chi connectivity index (χ0n) is 17.3. The summed E-state index contributed by atoms with van der Waals surface area (Å²) in [6.07, 6.45) is 1.08. The second kappa shape index (κ2) is 14.2. The Bertz CT molecular complexity index is 492. The minimum Gasteiger partial charge on any atom is -0.356 e. The van der Waals surface area contributed by atoms with Crippen molar-refractivity contribution in [1.82, 2.24) is 20.4 Å². The summed E-state index contributed by atoms with van der Waals surface area (Å²) in [6.45, 7) is 10.5. The van der Waals surface area contributed by atoms with E-state index < -0.39 is 0 Å². The molecular formula is C20H38IN5. The smallest absolute Gasteiger partial charge is 0.191 e. The van der Waals surface area contributed by atoms with Gasteiger partial charge in [-0.3, -0.25) is 9.89 Å². The van der Waals surface area contributed by atoms with E-state index in [0.717, 1.165) is 38.6 Å². The Morgan fingerprint density at radius 1 is 1.00 bits per heavy atom. The van der Waals surface area contributed by atoms with Crippen LogP contribution in [0.2, 0.25) is 0 Å². The summed E-state index contributed by atoms with van der Waals surface area (Å²) < 4.78 is 0.